The van der Waals surface area contributed by atoms with E-state index in [4.69, 9.17) is 54.1 Å². The summed E-state index contributed by atoms with van der Waals surface area (Å²) in [6.45, 7) is 1.22. The minimum Gasteiger partial charge on any atom is -0.478 e. The maximum Gasteiger partial charge on any atom is 0.260 e. The van der Waals surface area contributed by atoms with Crippen LogP contribution < -0.4 is 9.47 Å². The van der Waals surface area contributed by atoms with Crippen molar-refractivity contribution >= 4 is 80.3 Å². The van der Waals surface area contributed by atoms with E-state index in [-0.39, 0.29) is 24.5 Å². The van der Waals surface area contributed by atoms with Gasteiger partial charge >= 0.3 is 0 Å². The van der Waals surface area contributed by atoms with Gasteiger partial charge in [-0.2, -0.15) is 0 Å². The van der Waals surface area contributed by atoms with Crippen molar-refractivity contribution < 1.29 is 19.1 Å². The lowest BCUT2D eigenvalue weighted by Crippen LogP contribution is -2.40. The lowest BCUT2D eigenvalue weighted by Gasteiger charge is -2.31. The molecule has 38 heavy (non-hydrogen) atoms. The van der Waals surface area contributed by atoms with Crippen LogP contribution in [0.2, 0.25) is 15.1 Å². The highest BCUT2D eigenvalue weighted by Gasteiger charge is 2.31. The third-order valence-corrected chi connectivity index (χ3v) is 8.82. The first-order valence-corrected chi connectivity index (χ1v) is 14.8. The van der Waals surface area contributed by atoms with E-state index in [1.807, 2.05) is 10.3 Å². The molecule has 8 nitrogen and oxygen atoms in total. The molecule has 0 bridgehead atoms. The number of carbonyl (C=O) groups excluding carboxylic acids is 1. The molecular formula is C25H22Cl3IN4O4S. The molecule has 5 rings (SSSR count). The van der Waals surface area contributed by atoms with Crippen molar-refractivity contribution in [3.63, 3.8) is 0 Å². The van der Waals surface area contributed by atoms with Crippen LogP contribution in [0.5, 0.6) is 11.6 Å². The summed E-state index contributed by atoms with van der Waals surface area (Å²) in [7, 11) is 1.52. The topological polar surface area (TPSA) is 86.1 Å². The number of thiazole rings is 1. The number of rotatable bonds is 7. The van der Waals surface area contributed by atoms with Gasteiger partial charge in [-0.3, -0.25) is 4.79 Å². The number of ether oxygens (including phenoxy) is 2. The summed E-state index contributed by atoms with van der Waals surface area (Å²) in [6.07, 6.45) is 3.46. The Balaban J connectivity index is 1.14. The maximum atomic E-state index is 12.8. The second kappa shape index (κ2) is 12.1. The van der Waals surface area contributed by atoms with Crippen LogP contribution in [-0.2, 0) is 9.63 Å². The lowest BCUT2D eigenvalue weighted by atomic mass is 9.97. The number of nitrogens with zero attached hydrogens (tertiary/aromatic N) is 4. The summed E-state index contributed by atoms with van der Waals surface area (Å²) in [5.41, 5.74) is 2.22. The van der Waals surface area contributed by atoms with E-state index >= 15 is 0 Å². The van der Waals surface area contributed by atoms with Gasteiger partial charge in [-0.25, -0.2) is 9.97 Å². The first-order chi connectivity index (χ1) is 18.3. The number of hydrogen-bond donors (Lipinski definition) is 0. The zero-order chi connectivity index (χ0) is 26.8. The Kier molecular flexibility index (Phi) is 8.83. The van der Waals surface area contributed by atoms with Gasteiger partial charge < -0.3 is 19.2 Å². The number of piperidine rings is 1. The molecule has 1 fully saturated rings. The highest BCUT2D eigenvalue weighted by Crippen LogP contribution is 2.40. The third-order valence-electron chi connectivity index (χ3n) is 6.38. The average Bonchev–Trinajstić information content (AvgIpc) is 3.57. The van der Waals surface area contributed by atoms with E-state index in [0.717, 1.165) is 32.8 Å². The molecule has 2 aliphatic rings. The minimum atomic E-state index is -0.390. The molecule has 0 spiro atoms. The van der Waals surface area contributed by atoms with Crippen LogP contribution in [0, 0.1) is 3.57 Å². The zero-order valence-electron chi connectivity index (χ0n) is 20.1. The van der Waals surface area contributed by atoms with Gasteiger partial charge in [-0.1, -0.05) is 40.0 Å². The van der Waals surface area contributed by atoms with Crippen LogP contribution in [-0.4, -0.2) is 53.3 Å². The molecule has 3 aromatic rings. The van der Waals surface area contributed by atoms with Gasteiger partial charge in [0.05, 0.1) is 27.9 Å². The summed E-state index contributed by atoms with van der Waals surface area (Å²) in [4.78, 5) is 29.3. The number of pyridine rings is 1. The number of aromatic nitrogens is 2. The Bertz CT molecular complexity index is 1360. The molecular weight excluding hydrogens is 686 g/mol. The predicted molar refractivity (Wildman–Crippen MR) is 156 cm³/mol. The molecule has 0 radical (unpaired) electrons. The Morgan fingerprint density at radius 1 is 1.21 bits per heavy atom. The largest absolute Gasteiger partial charge is 0.478 e. The molecule has 1 atom stereocenters. The van der Waals surface area contributed by atoms with Crippen LogP contribution in [0.4, 0.5) is 0 Å². The highest BCUT2D eigenvalue weighted by atomic mass is 127. The number of benzene rings is 1. The van der Waals surface area contributed by atoms with E-state index in [0.29, 0.717) is 51.8 Å². The Hall–Kier alpha value is -1.86. The molecule has 0 N–H and O–H groups in total. The second-order valence-corrected chi connectivity index (χ2v) is 12.2. The first kappa shape index (κ1) is 27.7. The van der Waals surface area contributed by atoms with Crippen LogP contribution in [0.15, 0.2) is 34.9 Å². The Morgan fingerprint density at radius 3 is 2.66 bits per heavy atom. The fourth-order valence-electron chi connectivity index (χ4n) is 4.42. The van der Waals surface area contributed by atoms with Gasteiger partial charge in [0.25, 0.3) is 11.8 Å². The molecule has 1 aromatic carbocycles. The van der Waals surface area contributed by atoms with E-state index in [1.54, 1.807) is 35.7 Å². The van der Waals surface area contributed by atoms with Gasteiger partial charge in [0.15, 0.2) is 18.5 Å². The normalized spacial score (nSPS) is 17.8. The highest BCUT2D eigenvalue weighted by molar-refractivity contribution is 14.1. The third kappa shape index (κ3) is 6.14. The lowest BCUT2D eigenvalue weighted by molar-refractivity contribution is -0.134. The number of carbonyl (C=O) groups is 1. The van der Waals surface area contributed by atoms with Crippen molar-refractivity contribution in [2.45, 2.75) is 31.3 Å². The fourth-order valence-corrected chi connectivity index (χ4v) is 6.91. The first-order valence-electron chi connectivity index (χ1n) is 11.8. The van der Waals surface area contributed by atoms with Gasteiger partial charge in [0.2, 0.25) is 0 Å². The summed E-state index contributed by atoms with van der Waals surface area (Å²) in [5.74, 6) is 1.03. The van der Waals surface area contributed by atoms with Gasteiger partial charge in [-0.15, -0.1) is 11.3 Å². The molecule has 1 saturated heterocycles. The van der Waals surface area contributed by atoms with E-state index in [2.05, 4.69) is 32.7 Å². The van der Waals surface area contributed by atoms with Crippen LogP contribution in [0.25, 0.3) is 0 Å². The monoisotopic (exact) mass is 706 g/mol. The Morgan fingerprint density at radius 2 is 1.95 bits per heavy atom. The van der Waals surface area contributed by atoms with Gasteiger partial charge in [0, 0.05) is 57.2 Å². The average molecular weight is 708 g/mol. The van der Waals surface area contributed by atoms with E-state index in [1.165, 1.54) is 7.11 Å². The van der Waals surface area contributed by atoms with Gasteiger partial charge in [-0.05, 0) is 47.6 Å². The number of methoxy groups -OCH3 is 1. The van der Waals surface area contributed by atoms with Crippen molar-refractivity contribution in [1.29, 1.82) is 0 Å². The molecule has 200 valence electrons. The SMILES string of the molecule is COc1ncc(I)cc1OCC(=O)N1CCC(c2nc(C3=NOC(c4c(Cl)cc(Cl)cc4Cl)C3)cs2)CC1. The number of oxime groups is 1. The molecule has 1 amide bonds. The predicted octanol–water partition coefficient (Wildman–Crippen LogP) is 6.76. The minimum absolute atomic E-state index is 0.0627. The number of halogens is 4. The molecule has 0 aliphatic carbocycles. The molecule has 13 heteroatoms. The van der Waals surface area contributed by atoms with Gasteiger partial charge in [0.1, 0.15) is 5.71 Å². The number of likely N-dealkylation sites (tertiary alicyclic amines) is 1. The standard InChI is InChI=1S/C25H22Cl3IN4O4S/c1-35-24-21(8-15(29)10-30-24)36-11-22(34)33-4-2-13(3-5-33)25-31-19(12-38-25)18-9-20(37-32-18)23-16(27)6-14(26)7-17(23)28/h6-8,10,12-13,20H,2-5,9,11H2,1H3. The molecule has 2 aromatic heterocycles. The van der Waals surface area contributed by atoms with Crippen LogP contribution in [0.3, 0.4) is 0 Å². The molecule has 0 saturated carbocycles. The van der Waals surface area contributed by atoms with Crippen molar-refractivity contribution in [3.05, 3.63) is 64.7 Å². The van der Waals surface area contributed by atoms with Crippen LogP contribution in [0.1, 0.15) is 47.5 Å². The van der Waals surface area contributed by atoms with E-state index in [9.17, 15) is 4.79 Å². The van der Waals surface area contributed by atoms with Crippen molar-refractivity contribution in [1.82, 2.24) is 14.9 Å². The molecule has 4 heterocycles. The smallest absolute Gasteiger partial charge is 0.260 e. The van der Waals surface area contributed by atoms with E-state index < -0.39 is 0 Å². The summed E-state index contributed by atoms with van der Waals surface area (Å²) in [6, 6.07) is 5.09. The number of hydrogen-bond acceptors (Lipinski definition) is 8. The van der Waals surface area contributed by atoms with Crippen molar-refractivity contribution in [2.75, 3.05) is 26.8 Å². The summed E-state index contributed by atoms with van der Waals surface area (Å²) < 4.78 is 11.8. The molecule has 2 aliphatic heterocycles. The summed E-state index contributed by atoms with van der Waals surface area (Å²) >= 11 is 22.5. The quantitative estimate of drug-likeness (QED) is 0.253. The van der Waals surface area contributed by atoms with Crippen molar-refractivity contribution in [3.8, 4) is 11.6 Å². The summed E-state index contributed by atoms with van der Waals surface area (Å²) in [5, 5.41) is 8.65. The Labute approximate surface area is 252 Å². The molecule has 1 unspecified atom stereocenters. The maximum absolute atomic E-state index is 12.8. The van der Waals surface area contributed by atoms with Crippen LogP contribution >= 0.6 is 68.7 Å². The zero-order valence-corrected chi connectivity index (χ0v) is 25.4. The van der Waals surface area contributed by atoms with Crippen molar-refractivity contribution in [2.24, 2.45) is 5.16 Å². The second-order valence-electron chi connectivity index (χ2n) is 8.79. The number of amides is 1. The fraction of sp³-hybridized carbons (Fsp3) is 0.360.